The van der Waals surface area contributed by atoms with Crippen molar-refractivity contribution < 1.29 is 0 Å². The number of fused-ring (bicyclic) bond motifs is 8. The van der Waals surface area contributed by atoms with E-state index in [1.165, 1.54) is 93.4 Å². The molecule has 0 saturated heterocycles. The van der Waals surface area contributed by atoms with Crippen molar-refractivity contribution in [2.75, 3.05) is 9.80 Å². The predicted molar refractivity (Wildman–Crippen MR) is 236 cm³/mol. The van der Waals surface area contributed by atoms with E-state index in [2.05, 4.69) is 210 Å². The first-order valence-electron chi connectivity index (χ1n) is 19.1. The van der Waals surface area contributed by atoms with Gasteiger partial charge in [-0.1, -0.05) is 140 Å². The van der Waals surface area contributed by atoms with Crippen molar-refractivity contribution in [2.24, 2.45) is 0 Å². The van der Waals surface area contributed by atoms with Crippen molar-refractivity contribution in [3.05, 3.63) is 200 Å². The van der Waals surface area contributed by atoms with Gasteiger partial charge in [-0.25, -0.2) is 0 Å². The van der Waals surface area contributed by atoms with Gasteiger partial charge < -0.3 is 9.80 Å². The lowest BCUT2D eigenvalue weighted by atomic mass is 9.33. The number of rotatable bonds is 3. The number of nitrogens with zero attached hydrogens (tertiary/aromatic N) is 2. The summed E-state index contributed by atoms with van der Waals surface area (Å²) < 4.78 is 0. The summed E-state index contributed by atoms with van der Waals surface area (Å²) in [5.74, 6) is 0. The summed E-state index contributed by atoms with van der Waals surface area (Å²) in [6.07, 6.45) is 0. The second-order valence-electron chi connectivity index (χ2n) is 14.9. The molecule has 0 bridgehead atoms. The molecule has 55 heavy (non-hydrogen) atoms. The molecule has 0 saturated carbocycles. The fraction of sp³-hybridized carbons (Fsp3) is 0. The molecular formula is C52H33BN2. The average Bonchev–Trinajstić information content (AvgIpc) is 3.24. The van der Waals surface area contributed by atoms with E-state index >= 15 is 0 Å². The number of hydrogen-bond acceptors (Lipinski definition) is 2. The molecule has 2 nitrogen and oxygen atoms in total. The van der Waals surface area contributed by atoms with Gasteiger partial charge in [0, 0.05) is 34.1 Å². The SMILES string of the molecule is c1ccc(N2c3cc4ccccc4cc3B3c4cc5ccccc5cc4N(c4ccccc4)c4cc(-c5cccc6cc7ccccc7cc56)cc2c43)cc1. The highest BCUT2D eigenvalue weighted by molar-refractivity contribution is 7.00. The van der Waals surface area contributed by atoms with Gasteiger partial charge >= 0.3 is 0 Å². The first kappa shape index (κ1) is 30.4. The first-order valence-corrected chi connectivity index (χ1v) is 19.1. The molecule has 0 atom stereocenters. The van der Waals surface area contributed by atoms with Crippen molar-refractivity contribution in [2.45, 2.75) is 0 Å². The largest absolute Gasteiger partial charge is 0.311 e. The lowest BCUT2D eigenvalue weighted by molar-refractivity contribution is 1.26. The molecular weight excluding hydrogens is 663 g/mol. The third-order valence-electron chi connectivity index (χ3n) is 11.9. The van der Waals surface area contributed by atoms with Crippen molar-refractivity contribution in [3.63, 3.8) is 0 Å². The Balaban J connectivity index is 1.24. The molecule has 0 radical (unpaired) electrons. The van der Waals surface area contributed by atoms with Gasteiger partial charge in [-0.2, -0.15) is 0 Å². The molecule has 0 amide bonds. The van der Waals surface area contributed by atoms with Crippen LogP contribution in [-0.4, -0.2) is 6.71 Å². The van der Waals surface area contributed by atoms with Crippen molar-refractivity contribution in [1.82, 2.24) is 0 Å². The molecule has 0 aromatic heterocycles. The molecule has 2 aliphatic heterocycles. The summed E-state index contributed by atoms with van der Waals surface area (Å²) in [5.41, 5.74) is 13.6. The Labute approximate surface area is 320 Å². The number of benzene rings is 10. The summed E-state index contributed by atoms with van der Waals surface area (Å²) in [7, 11) is 0. The molecule has 10 aromatic rings. The zero-order valence-corrected chi connectivity index (χ0v) is 30.0. The van der Waals surface area contributed by atoms with Gasteiger partial charge in [-0.3, -0.25) is 0 Å². The van der Waals surface area contributed by atoms with Crippen LogP contribution in [0.2, 0.25) is 0 Å². The van der Waals surface area contributed by atoms with Gasteiger partial charge in [0.25, 0.3) is 6.71 Å². The van der Waals surface area contributed by atoms with Gasteiger partial charge in [0.1, 0.15) is 0 Å². The molecule has 0 N–H and O–H groups in total. The van der Waals surface area contributed by atoms with Gasteiger partial charge in [0.15, 0.2) is 0 Å². The minimum absolute atomic E-state index is 0.0228. The van der Waals surface area contributed by atoms with Crippen LogP contribution < -0.4 is 26.2 Å². The molecule has 0 spiro atoms. The van der Waals surface area contributed by atoms with Crippen molar-refractivity contribution >= 4 is 100 Å². The quantitative estimate of drug-likeness (QED) is 0.134. The standard InChI is InChI=1S/C52H33BN2/c1-3-21-42(22-4-1)54-48-30-38-18-11-9-16-36(38)28-46(48)53-47-29-37-17-10-12-19-39(37)31-49(47)55(43-23-5-2-6-24-43)51-33-41(32-50(54)52(51)53)44-25-13-20-40-26-34-14-7-8-15-35(34)27-45(40)44/h1-33H. The monoisotopic (exact) mass is 696 g/mol. The molecule has 0 fully saturated rings. The number of anilines is 6. The fourth-order valence-electron chi connectivity index (χ4n) is 9.45. The highest BCUT2D eigenvalue weighted by Crippen LogP contribution is 2.47. The minimum Gasteiger partial charge on any atom is -0.311 e. The van der Waals surface area contributed by atoms with E-state index in [0.717, 1.165) is 11.4 Å². The molecule has 254 valence electrons. The van der Waals surface area contributed by atoms with E-state index in [9.17, 15) is 0 Å². The Morgan fingerprint density at radius 3 is 1.24 bits per heavy atom. The summed E-state index contributed by atoms with van der Waals surface area (Å²) in [4.78, 5) is 5.05. The van der Waals surface area contributed by atoms with Crippen LogP contribution in [0.3, 0.4) is 0 Å². The maximum absolute atomic E-state index is 2.52. The van der Waals surface area contributed by atoms with Crippen LogP contribution in [-0.2, 0) is 0 Å². The second-order valence-corrected chi connectivity index (χ2v) is 14.9. The molecule has 3 heteroatoms. The molecule has 12 rings (SSSR count). The lowest BCUT2D eigenvalue weighted by Gasteiger charge is -2.44. The van der Waals surface area contributed by atoms with Crippen LogP contribution in [0.1, 0.15) is 0 Å². The Morgan fingerprint density at radius 1 is 0.309 bits per heavy atom. The molecule has 0 aliphatic carbocycles. The highest BCUT2D eigenvalue weighted by atomic mass is 15.2. The highest BCUT2D eigenvalue weighted by Gasteiger charge is 2.44. The smallest absolute Gasteiger partial charge is 0.252 e. The van der Waals surface area contributed by atoms with Crippen LogP contribution in [0, 0.1) is 0 Å². The Kier molecular flexibility index (Phi) is 6.46. The predicted octanol–water partition coefficient (Wildman–Crippen LogP) is 12.0. The third kappa shape index (κ3) is 4.57. The summed E-state index contributed by atoms with van der Waals surface area (Å²) in [6, 6.07) is 74.4. The second kappa shape index (κ2) is 11.7. The zero-order valence-electron chi connectivity index (χ0n) is 30.0. The maximum Gasteiger partial charge on any atom is 0.252 e. The van der Waals surface area contributed by atoms with E-state index in [0.29, 0.717) is 0 Å². The maximum atomic E-state index is 2.52. The van der Waals surface area contributed by atoms with Gasteiger partial charge in [0.05, 0.1) is 0 Å². The van der Waals surface area contributed by atoms with Crippen LogP contribution in [0.5, 0.6) is 0 Å². The van der Waals surface area contributed by atoms with E-state index in [4.69, 9.17) is 0 Å². The van der Waals surface area contributed by atoms with Crippen LogP contribution in [0.25, 0.3) is 54.2 Å². The number of hydrogen-bond donors (Lipinski definition) is 0. The summed E-state index contributed by atoms with van der Waals surface area (Å²) in [5, 5.41) is 10.00. The van der Waals surface area contributed by atoms with E-state index in [1.807, 2.05) is 0 Å². The minimum atomic E-state index is 0.0228. The topological polar surface area (TPSA) is 6.48 Å². The Hall–Kier alpha value is -7.10. The summed E-state index contributed by atoms with van der Waals surface area (Å²) >= 11 is 0. The molecule has 2 aliphatic rings. The number of para-hydroxylation sites is 2. The Bertz CT molecular complexity index is 3020. The Morgan fingerprint density at radius 2 is 0.727 bits per heavy atom. The molecule has 10 aromatic carbocycles. The van der Waals surface area contributed by atoms with E-state index < -0.39 is 0 Å². The molecule has 2 heterocycles. The van der Waals surface area contributed by atoms with Crippen LogP contribution in [0.15, 0.2) is 200 Å². The van der Waals surface area contributed by atoms with Crippen LogP contribution in [0.4, 0.5) is 34.1 Å². The van der Waals surface area contributed by atoms with Gasteiger partial charge in [-0.05, 0) is 131 Å². The van der Waals surface area contributed by atoms with E-state index in [1.54, 1.807) is 0 Å². The van der Waals surface area contributed by atoms with Crippen LogP contribution >= 0.6 is 0 Å². The van der Waals surface area contributed by atoms with Gasteiger partial charge in [0.2, 0.25) is 0 Å². The molecule has 0 unspecified atom stereocenters. The average molecular weight is 697 g/mol. The van der Waals surface area contributed by atoms with Crippen molar-refractivity contribution in [3.8, 4) is 11.1 Å². The first-order chi connectivity index (χ1) is 27.3. The van der Waals surface area contributed by atoms with Gasteiger partial charge in [-0.15, -0.1) is 0 Å². The summed E-state index contributed by atoms with van der Waals surface area (Å²) in [6.45, 7) is 0.0228. The lowest BCUT2D eigenvalue weighted by Crippen LogP contribution is -2.61. The third-order valence-corrected chi connectivity index (χ3v) is 11.9. The normalized spacial score (nSPS) is 13.0. The zero-order chi connectivity index (χ0) is 36.0. The fourth-order valence-corrected chi connectivity index (χ4v) is 9.45. The van der Waals surface area contributed by atoms with Crippen molar-refractivity contribution in [1.29, 1.82) is 0 Å². The van der Waals surface area contributed by atoms with E-state index in [-0.39, 0.29) is 6.71 Å².